The Balaban J connectivity index is 1.70. The minimum absolute atomic E-state index is 0.0664. The molecule has 1 amide bonds. The summed E-state index contributed by atoms with van der Waals surface area (Å²) in [5, 5.41) is 7.09. The Hall–Kier alpha value is -2.67. The van der Waals surface area contributed by atoms with Crippen molar-refractivity contribution < 1.29 is 14.3 Å². The number of hydrogen-bond acceptors (Lipinski definition) is 5. The number of hydrogen-bond donors (Lipinski definition) is 1. The molecule has 1 atom stereocenters. The summed E-state index contributed by atoms with van der Waals surface area (Å²) in [6, 6.07) is 10.4. The molecule has 7 heteroatoms. The first-order valence-corrected chi connectivity index (χ1v) is 8.26. The summed E-state index contributed by atoms with van der Waals surface area (Å²) in [7, 11) is 1.59. The summed E-state index contributed by atoms with van der Waals surface area (Å²) < 4.78 is 11.8. The SMILES string of the molecule is COc1cccc(-c2ccc(=O)n(CC(=O)NC[C@@H]3CCCO3)n2)c1. The molecule has 0 spiro atoms. The molecule has 0 radical (unpaired) electrons. The summed E-state index contributed by atoms with van der Waals surface area (Å²) in [5.41, 5.74) is 1.09. The first kappa shape index (κ1) is 17.2. The number of aromatic nitrogens is 2. The molecule has 7 nitrogen and oxygen atoms in total. The molecule has 1 saturated heterocycles. The van der Waals surface area contributed by atoms with Gasteiger partial charge < -0.3 is 14.8 Å². The van der Waals surface area contributed by atoms with E-state index < -0.39 is 0 Å². The maximum absolute atomic E-state index is 12.1. The lowest BCUT2D eigenvalue weighted by Gasteiger charge is -2.12. The van der Waals surface area contributed by atoms with Gasteiger partial charge in [0.15, 0.2) is 0 Å². The van der Waals surface area contributed by atoms with Crippen LogP contribution in [0.5, 0.6) is 5.75 Å². The van der Waals surface area contributed by atoms with Crippen molar-refractivity contribution in [2.75, 3.05) is 20.3 Å². The van der Waals surface area contributed by atoms with Gasteiger partial charge in [0.05, 0.1) is 18.9 Å². The fraction of sp³-hybridized carbons (Fsp3) is 0.389. The third kappa shape index (κ3) is 4.45. The molecule has 1 aromatic carbocycles. The van der Waals surface area contributed by atoms with Gasteiger partial charge in [0.1, 0.15) is 12.3 Å². The highest BCUT2D eigenvalue weighted by Gasteiger charge is 2.16. The second-order valence-corrected chi connectivity index (χ2v) is 5.89. The molecule has 1 aromatic heterocycles. The number of nitrogens with zero attached hydrogens (tertiary/aromatic N) is 2. The van der Waals surface area contributed by atoms with E-state index in [2.05, 4.69) is 10.4 Å². The molecule has 1 aliphatic heterocycles. The van der Waals surface area contributed by atoms with Gasteiger partial charge >= 0.3 is 0 Å². The Morgan fingerprint density at radius 3 is 3.04 bits per heavy atom. The molecule has 0 aliphatic carbocycles. The fourth-order valence-corrected chi connectivity index (χ4v) is 2.72. The molecule has 1 N–H and O–H groups in total. The van der Waals surface area contributed by atoms with Gasteiger partial charge in [0, 0.05) is 24.8 Å². The zero-order valence-corrected chi connectivity index (χ0v) is 14.1. The number of amides is 1. The van der Waals surface area contributed by atoms with E-state index in [9.17, 15) is 9.59 Å². The summed E-state index contributed by atoms with van der Waals surface area (Å²) >= 11 is 0. The topological polar surface area (TPSA) is 82.5 Å². The van der Waals surface area contributed by atoms with Gasteiger partial charge in [-0.15, -0.1) is 0 Å². The van der Waals surface area contributed by atoms with Crippen molar-refractivity contribution in [1.29, 1.82) is 0 Å². The first-order chi connectivity index (χ1) is 12.2. The minimum atomic E-state index is -0.320. The summed E-state index contributed by atoms with van der Waals surface area (Å²) in [5.74, 6) is 0.444. The zero-order valence-electron chi connectivity index (χ0n) is 14.1. The zero-order chi connectivity index (χ0) is 17.6. The van der Waals surface area contributed by atoms with Crippen LogP contribution in [0.25, 0.3) is 11.3 Å². The molecular weight excluding hydrogens is 322 g/mol. The van der Waals surface area contributed by atoms with Crippen molar-refractivity contribution in [1.82, 2.24) is 15.1 Å². The van der Waals surface area contributed by atoms with Crippen LogP contribution in [0.4, 0.5) is 0 Å². The maximum atomic E-state index is 12.1. The van der Waals surface area contributed by atoms with E-state index in [4.69, 9.17) is 9.47 Å². The van der Waals surface area contributed by atoms with Crippen LogP contribution in [-0.4, -0.2) is 42.1 Å². The Labute approximate surface area is 145 Å². The van der Waals surface area contributed by atoms with Crippen LogP contribution in [0.1, 0.15) is 12.8 Å². The van der Waals surface area contributed by atoms with Crippen molar-refractivity contribution in [3.8, 4) is 17.0 Å². The van der Waals surface area contributed by atoms with E-state index in [1.54, 1.807) is 13.2 Å². The molecule has 2 heterocycles. The second-order valence-electron chi connectivity index (χ2n) is 5.89. The van der Waals surface area contributed by atoms with Gasteiger partial charge in [-0.2, -0.15) is 5.10 Å². The molecule has 1 fully saturated rings. The van der Waals surface area contributed by atoms with Crippen LogP contribution in [0.15, 0.2) is 41.2 Å². The number of ether oxygens (including phenoxy) is 2. The van der Waals surface area contributed by atoms with E-state index in [1.807, 2.05) is 24.3 Å². The maximum Gasteiger partial charge on any atom is 0.267 e. The van der Waals surface area contributed by atoms with Crippen molar-refractivity contribution >= 4 is 5.91 Å². The standard InChI is InChI=1S/C18H21N3O4/c1-24-14-5-2-4-13(10-14)16-7-8-18(23)21(20-16)12-17(22)19-11-15-6-3-9-25-15/h2,4-5,7-8,10,15H,3,6,9,11-12H2,1H3,(H,19,22)/t15-/m0/s1. The Morgan fingerprint density at radius 2 is 2.28 bits per heavy atom. The number of carbonyl (C=O) groups excluding carboxylic acids is 1. The van der Waals surface area contributed by atoms with Gasteiger partial charge in [-0.05, 0) is 31.0 Å². The van der Waals surface area contributed by atoms with Crippen LogP contribution in [0.3, 0.4) is 0 Å². The fourth-order valence-electron chi connectivity index (χ4n) is 2.72. The highest BCUT2D eigenvalue weighted by molar-refractivity contribution is 5.75. The third-order valence-electron chi connectivity index (χ3n) is 4.08. The number of nitrogens with one attached hydrogen (secondary N) is 1. The predicted octanol–water partition coefficient (Wildman–Crippen LogP) is 1.21. The highest BCUT2D eigenvalue weighted by Crippen LogP contribution is 2.21. The van der Waals surface area contributed by atoms with E-state index in [0.29, 0.717) is 18.0 Å². The summed E-state index contributed by atoms with van der Waals surface area (Å²) in [4.78, 5) is 24.1. The van der Waals surface area contributed by atoms with Crippen LogP contribution < -0.4 is 15.6 Å². The van der Waals surface area contributed by atoms with Crippen molar-refractivity contribution in [3.63, 3.8) is 0 Å². The largest absolute Gasteiger partial charge is 0.497 e. The number of carbonyl (C=O) groups is 1. The lowest BCUT2D eigenvalue weighted by Crippen LogP contribution is -2.37. The van der Waals surface area contributed by atoms with Crippen LogP contribution >= 0.6 is 0 Å². The van der Waals surface area contributed by atoms with Crippen molar-refractivity contribution in [2.45, 2.75) is 25.5 Å². The van der Waals surface area contributed by atoms with Gasteiger partial charge in [0.2, 0.25) is 5.91 Å². The van der Waals surface area contributed by atoms with E-state index >= 15 is 0 Å². The van der Waals surface area contributed by atoms with Gasteiger partial charge in [-0.1, -0.05) is 12.1 Å². The number of benzene rings is 1. The summed E-state index contributed by atoms with van der Waals surface area (Å²) in [6.07, 6.45) is 2.03. The predicted molar refractivity (Wildman–Crippen MR) is 92.5 cm³/mol. The van der Waals surface area contributed by atoms with E-state index in [-0.39, 0.29) is 24.1 Å². The third-order valence-corrected chi connectivity index (χ3v) is 4.08. The lowest BCUT2D eigenvalue weighted by molar-refractivity contribution is -0.122. The highest BCUT2D eigenvalue weighted by atomic mass is 16.5. The second kappa shape index (κ2) is 7.94. The van der Waals surface area contributed by atoms with Crippen LogP contribution in [-0.2, 0) is 16.1 Å². The molecule has 1 aliphatic rings. The molecule has 132 valence electrons. The van der Waals surface area contributed by atoms with Crippen LogP contribution in [0.2, 0.25) is 0 Å². The van der Waals surface area contributed by atoms with E-state index in [0.717, 1.165) is 25.0 Å². The van der Waals surface area contributed by atoms with Gasteiger partial charge in [0.25, 0.3) is 5.56 Å². The smallest absolute Gasteiger partial charge is 0.267 e. The molecule has 25 heavy (non-hydrogen) atoms. The normalized spacial score (nSPS) is 16.6. The Bertz CT molecular complexity index is 797. The summed E-state index contributed by atoms with van der Waals surface area (Å²) in [6.45, 7) is 1.08. The average molecular weight is 343 g/mol. The lowest BCUT2D eigenvalue weighted by atomic mass is 10.1. The molecule has 3 rings (SSSR count). The Kier molecular flexibility index (Phi) is 5.45. The Morgan fingerprint density at radius 1 is 1.40 bits per heavy atom. The van der Waals surface area contributed by atoms with Crippen LogP contribution in [0, 0.1) is 0 Å². The minimum Gasteiger partial charge on any atom is -0.497 e. The molecule has 0 unspecified atom stereocenters. The molecule has 0 saturated carbocycles. The number of rotatable bonds is 6. The van der Waals surface area contributed by atoms with E-state index in [1.165, 1.54) is 10.7 Å². The molecular formula is C18H21N3O4. The number of methoxy groups -OCH3 is 1. The first-order valence-electron chi connectivity index (χ1n) is 8.26. The average Bonchev–Trinajstić information content (AvgIpc) is 3.15. The monoisotopic (exact) mass is 343 g/mol. The van der Waals surface area contributed by atoms with Crippen molar-refractivity contribution in [2.24, 2.45) is 0 Å². The molecule has 2 aromatic rings. The van der Waals surface area contributed by atoms with Gasteiger partial charge in [-0.25, -0.2) is 4.68 Å². The van der Waals surface area contributed by atoms with Crippen molar-refractivity contribution in [3.05, 3.63) is 46.8 Å². The quantitative estimate of drug-likeness (QED) is 0.853. The van der Waals surface area contributed by atoms with Gasteiger partial charge in [-0.3, -0.25) is 9.59 Å². The molecule has 0 bridgehead atoms.